The van der Waals surface area contributed by atoms with Gasteiger partial charge in [-0.25, -0.2) is 0 Å². The average Bonchev–Trinajstić information content (AvgIpc) is 2.89. The zero-order chi connectivity index (χ0) is 27.1. The summed E-state index contributed by atoms with van der Waals surface area (Å²) in [7, 11) is 6.85. The molecule has 0 radical (unpaired) electrons. The molecular weight excluding hydrogens is 466 g/mol. The molecule has 8 nitrogen and oxygen atoms in total. The summed E-state index contributed by atoms with van der Waals surface area (Å²) in [4.78, 5) is 32.7. The van der Waals surface area contributed by atoms with Crippen molar-refractivity contribution in [2.75, 3.05) is 43.4 Å². The fraction of sp³-hybridized carbons (Fsp3) is 0.241. The first-order chi connectivity index (χ1) is 17.8. The fourth-order valence-corrected chi connectivity index (χ4v) is 4.29. The number of methoxy groups -OCH3 is 1. The molecule has 0 spiro atoms. The van der Waals surface area contributed by atoms with Crippen molar-refractivity contribution in [1.29, 1.82) is 5.26 Å². The highest BCUT2D eigenvalue weighted by Crippen LogP contribution is 2.43. The van der Waals surface area contributed by atoms with Crippen LogP contribution in [0.1, 0.15) is 38.2 Å². The molecule has 1 N–H and O–H groups in total. The second-order valence-electron chi connectivity index (χ2n) is 8.76. The second kappa shape index (κ2) is 11.9. The van der Waals surface area contributed by atoms with Crippen molar-refractivity contribution in [2.45, 2.75) is 20.4 Å². The summed E-state index contributed by atoms with van der Waals surface area (Å²) in [6, 6.07) is 17.3. The summed E-state index contributed by atoms with van der Waals surface area (Å²) in [5, 5.41) is 12.8. The maximum absolute atomic E-state index is 12.5. The van der Waals surface area contributed by atoms with Crippen molar-refractivity contribution in [3.63, 3.8) is 0 Å². The molecule has 0 aliphatic heterocycles. The minimum atomic E-state index is 0.256. The Morgan fingerprint density at radius 1 is 1.11 bits per heavy atom. The van der Waals surface area contributed by atoms with E-state index < -0.39 is 0 Å². The number of rotatable bonds is 9. The van der Waals surface area contributed by atoms with Crippen molar-refractivity contribution in [1.82, 2.24) is 0 Å². The third kappa shape index (κ3) is 5.62. The SMILES string of the molecule is CN=C(Nc1c(C=O)c(OC)cc(N(C)C)c1N(C=O)Cc1ccccc1)c1cc(C)c(C#N)c(C)c1. The number of aldehydes is 1. The van der Waals surface area contributed by atoms with Gasteiger partial charge < -0.3 is 19.9 Å². The number of nitrogens with zero attached hydrogens (tertiary/aromatic N) is 4. The molecular formula is C29H31N5O3. The number of nitrogens with one attached hydrogen (secondary N) is 1. The van der Waals surface area contributed by atoms with Crippen molar-refractivity contribution in [3.8, 4) is 11.8 Å². The zero-order valence-corrected chi connectivity index (χ0v) is 22.0. The van der Waals surface area contributed by atoms with Gasteiger partial charge in [-0.15, -0.1) is 0 Å². The van der Waals surface area contributed by atoms with Crippen LogP contribution in [0.25, 0.3) is 0 Å². The Kier molecular flexibility index (Phi) is 8.64. The van der Waals surface area contributed by atoms with Gasteiger partial charge in [-0.3, -0.25) is 14.6 Å². The number of carbonyl (C=O) groups is 2. The van der Waals surface area contributed by atoms with Gasteiger partial charge in [0.15, 0.2) is 6.29 Å². The van der Waals surface area contributed by atoms with E-state index in [4.69, 9.17) is 4.74 Å². The molecule has 3 aromatic rings. The summed E-state index contributed by atoms with van der Waals surface area (Å²) in [5.74, 6) is 0.835. The van der Waals surface area contributed by atoms with Gasteiger partial charge >= 0.3 is 0 Å². The van der Waals surface area contributed by atoms with Gasteiger partial charge in [-0.2, -0.15) is 5.26 Å². The van der Waals surface area contributed by atoms with E-state index in [0.29, 0.717) is 40.5 Å². The van der Waals surface area contributed by atoms with Crippen LogP contribution in [0.5, 0.6) is 5.75 Å². The van der Waals surface area contributed by atoms with Crippen LogP contribution in [0.15, 0.2) is 53.5 Å². The van der Waals surface area contributed by atoms with Gasteiger partial charge in [0.05, 0.1) is 47.9 Å². The monoisotopic (exact) mass is 497 g/mol. The predicted octanol–water partition coefficient (Wildman–Crippen LogP) is 4.71. The number of hydrogen-bond acceptors (Lipinski definition) is 6. The highest BCUT2D eigenvalue weighted by molar-refractivity contribution is 6.15. The van der Waals surface area contributed by atoms with Crippen LogP contribution in [0, 0.1) is 25.2 Å². The smallest absolute Gasteiger partial charge is 0.214 e. The molecule has 0 aliphatic rings. The molecule has 0 atom stereocenters. The normalized spacial score (nSPS) is 10.9. The molecule has 0 aliphatic carbocycles. The predicted molar refractivity (Wildman–Crippen MR) is 148 cm³/mol. The van der Waals surface area contributed by atoms with Crippen molar-refractivity contribution >= 4 is 35.6 Å². The van der Waals surface area contributed by atoms with Crippen LogP contribution in [0.2, 0.25) is 0 Å². The number of benzene rings is 3. The van der Waals surface area contributed by atoms with Crippen molar-refractivity contribution in [2.24, 2.45) is 4.99 Å². The van der Waals surface area contributed by atoms with Gasteiger partial charge in [0.25, 0.3) is 0 Å². The fourth-order valence-electron chi connectivity index (χ4n) is 4.29. The van der Waals surface area contributed by atoms with Crippen LogP contribution >= 0.6 is 0 Å². The summed E-state index contributed by atoms with van der Waals surface area (Å²) in [6.07, 6.45) is 1.46. The summed E-state index contributed by atoms with van der Waals surface area (Å²) in [5.41, 5.74) is 5.74. The maximum Gasteiger partial charge on any atom is 0.214 e. The largest absolute Gasteiger partial charge is 0.496 e. The van der Waals surface area contributed by atoms with Crippen molar-refractivity contribution in [3.05, 3.63) is 81.9 Å². The van der Waals surface area contributed by atoms with Gasteiger partial charge in [0, 0.05) is 32.8 Å². The molecule has 37 heavy (non-hydrogen) atoms. The van der Waals surface area contributed by atoms with Crippen LogP contribution < -0.4 is 19.9 Å². The standard InChI is InChI=1S/C29H31N5O3/c1-19-12-22(13-20(2)23(19)15-30)29(31-3)32-27-24(17-35)26(37-6)14-25(33(4)5)28(27)34(18-36)16-21-10-8-7-9-11-21/h7-14,17-18H,16H2,1-6H3,(H,31,32). The lowest BCUT2D eigenvalue weighted by molar-refractivity contribution is -0.107. The van der Waals surface area contributed by atoms with Gasteiger partial charge in [0.2, 0.25) is 6.41 Å². The molecule has 190 valence electrons. The van der Waals surface area contributed by atoms with Crippen LogP contribution in [0.4, 0.5) is 17.1 Å². The van der Waals surface area contributed by atoms with Gasteiger partial charge in [-0.05, 0) is 42.7 Å². The average molecular weight is 498 g/mol. The number of aliphatic imine (C=N–C) groups is 1. The van der Waals surface area contributed by atoms with E-state index in [0.717, 1.165) is 28.7 Å². The molecule has 3 rings (SSSR count). The number of aryl methyl sites for hydroxylation is 2. The Morgan fingerprint density at radius 3 is 2.24 bits per heavy atom. The number of carbonyl (C=O) groups excluding carboxylic acids is 2. The van der Waals surface area contributed by atoms with E-state index in [1.54, 1.807) is 18.0 Å². The topological polar surface area (TPSA) is 98.0 Å². The van der Waals surface area contributed by atoms with E-state index in [2.05, 4.69) is 16.4 Å². The van der Waals surface area contributed by atoms with Crippen LogP contribution in [-0.2, 0) is 11.3 Å². The van der Waals surface area contributed by atoms with E-state index >= 15 is 0 Å². The Balaban J connectivity index is 2.27. The van der Waals surface area contributed by atoms with Crippen molar-refractivity contribution < 1.29 is 14.3 Å². The number of anilines is 3. The molecule has 0 unspecified atom stereocenters. The first-order valence-corrected chi connectivity index (χ1v) is 11.7. The molecule has 0 bridgehead atoms. The van der Waals surface area contributed by atoms with Gasteiger partial charge in [0.1, 0.15) is 11.6 Å². The molecule has 8 heteroatoms. The summed E-state index contributed by atoms with van der Waals surface area (Å²) >= 11 is 0. The maximum atomic E-state index is 12.5. The van der Waals surface area contributed by atoms with Crippen LogP contribution in [-0.4, -0.2) is 46.8 Å². The van der Waals surface area contributed by atoms with E-state index in [-0.39, 0.29) is 12.1 Å². The molecule has 1 amide bonds. The number of nitriles is 1. The second-order valence-corrected chi connectivity index (χ2v) is 8.76. The molecule has 0 heterocycles. The van der Waals surface area contributed by atoms with E-state index in [1.165, 1.54) is 7.11 Å². The van der Waals surface area contributed by atoms with E-state index in [9.17, 15) is 14.9 Å². The summed E-state index contributed by atoms with van der Waals surface area (Å²) in [6.45, 7) is 4.03. The number of amidine groups is 1. The number of amides is 1. The lowest BCUT2D eigenvalue weighted by Crippen LogP contribution is -2.27. The Hall–Kier alpha value is -4.64. The molecule has 0 aromatic heterocycles. The third-order valence-electron chi connectivity index (χ3n) is 6.10. The first kappa shape index (κ1) is 27.0. The zero-order valence-electron chi connectivity index (χ0n) is 22.0. The summed E-state index contributed by atoms with van der Waals surface area (Å²) < 4.78 is 5.56. The minimum Gasteiger partial charge on any atom is -0.496 e. The molecule has 3 aromatic carbocycles. The van der Waals surface area contributed by atoms with Crippen LogP contribution in [0.3, 0.4) is 0 Å². The highest BCUT2D eigenvalue weighted by Gasteiger charge is 2.25. The number of ether oxygens (including phenoxy) is 1. The first-order valence-electron chi connectivity index (χ1n) is 11.7. The molecule has 0 saturated carbocycles. The Morgan fingerprint density at radius 2 is 1.76 bits per heavy atom. The lowest BCUT2D eigenvalue weighted by atomic mass is 9.99. The minimum absolute atomic E-state index is 0.256. The van der Waals surface area contributed by atoms with E-state index in [1.807, 2.05) is 75.3 Å². The quantitative estimate of drug-likeness (QED) is 0.261. The highest BCUT2D eigenvalue weighted by atomic mass is 16.5. The Labute approximate surface area is 217 Å². The molecule has 0 saturated heterocycles. The molecule has 0 fully saturated rings. The third-order valence-corrected chi connectivity index (χ3v) is 6.10. The Bertz CT molecular complexity index is 1350. The van der Waals surface area contributed by atoms with Gasteiger partial charge in [-0.1, -0.05) is 30.3 Å². The lowest BCUT2D eigenvalue weighted by Gasteiger charge is -2.29. The number of hydrogen-bond donors (Lipinski definition) is 1.